The molecule has 7 atom stereocenters. The van der Waals surface area contributed by atoms with E-state index in [2.05, 4.69) is 48.5 Å². The van der Waals surface area contributed by atoms with E-state index in [1.165, 1.54) is 250 Å². The van der Waals surface area contributed by atoms with Crippen LogP contribution in [0.4, 0.5) is 0 Å². The molecule has 0 fully saturated rings. The molecular weight excluding hydrogens is 1340 g/mol. The number of phosphoric acid groups is 2. The fraction of sp³-hybridized carbons (Fsp3) is 0.952. The largest absolute Gasteiger partial charge is 0.472 e. The van der Waals surface area contributed by atoms with Gasteiger partial charge in [-0.3, -0.25) is 37.3 Å². The van der Waals surface area contributed by atoms with Gasteiger partial charge in [0.25, 0.3) is 0 Å². The third-order valence-corrected chi connectivity index (χ3v) is 22.3. The molecule has 0 aliphatic rings. The third kappa shape index (κ3) is 75.3. The molecular formula is C84H164O17P2. The molecule has 19 heteroatoms. The molecule has 0 amide bonds. The number of hydrogen-bond donors (Lipinski definition) is 3. The van der Waals surface area contributed by atoms with Gasteiger partial charge < -0.3 is 33.8 Å². The van der Waals surface area contributed by atoms with Gasteiger partial charge >= 0.3 is 39.5 Å². The van der Waals surface area contributed by atoms with Crippen LogP contribution in [0.2, 0.25) is 0 Å². The topological polar surface area (TPSA) is 237 Å². The van der Waals surface area contributed by atoms with Crippen molar-refractivity contribution in [2.75, 3.05) is 39.6 Å². The van der Waals surface area contributed by atoms with Gasteiger partial charge in [0.2, 0.25) is 0 Å². The summed E-state index contributed by atoms with van der Waals surface area (Å²) in [6, 6.07) is 0. The Morgan fingerprint density at radius 1 is 0.282 bits per heavy atom. The van der Waals surface area contributed by atoms with Gasteiger partial charge in [-0.2, -0.15) is 0 Å². The fourth-order valence-electron chi connectivity index (χ4n) is 13.0. The van der Waals surface area contributed by atoms with Crippen molar-refractivity contribution in [2.24, 2.45) is 17.8 Å². The first kappa shape index (κ1) is 101. The maximum absolute atomic E-state index is 13.1. The van der Waals surface area contributed by atoms with Crippen molar-refractivity contribution in [3.05, 3.63) is 0 Å². The summed E-state index contributed by atoms with van der Waals surface area (Å²) in [5.41, 5.74) is 0. The van der Waals surface area contributed by atoms with Crippen molar-refractivity contribution in [2.45, 2.75) is 458 Å². The highest BCUT2D eigenvalue weighted by atomic mass is 31.2. The highest BCUT2D eigenvalue weighted by Gasteiger charge is 2.30. The molecule has 0 aromatic heterocycles. The van der Waals surface area contributed by atoms with Crippen LogP contribution in [0, 0.1) is 17.8 Å². The number of aliphatic hydroxyl groups is 1. The molecule has 4 unspecified atom stereocenters. The molecule has 0 aliphatic carbocycles. The lowest BCUT2D eigenvalue weighted by atomic mass is 9.99. The van der Waals surface area contributed by atoms with E-state index in [1.54, 1.807) is 0 Å². The minimum atomic E-state index is -4.96. The summed E-state index contributed by atoms with van der Waals surface area (Å²) in [6.07, 6.45) is 63.7. The SMILES string of the molecule is CCCCCCCCCCCCCCC(=O)OC[C@H](COP(=O)(O)OC[C@H](O)COP(=O)(O)OC[C@@H](COC(=O)CCCCCCCCCCCCCCCCC(C)C)OC(=O)CCCCCCCCCCCCCCCCCCCCC(C)CC)OC(=O)CCCCCCCCCCC(C)CC. The van der Waals surface area contributed by atoms with Crippen molar-refractivity contribution < 1.29 is 80.2 Å². The zero-order chi connectivity index (χ0) is 75.8. The third-order valence-electron chi connectivity index (χ3n) is 20.4. The van der Waals surface area contributed by atoms with Crippen molar-refractivity contribution in [3.8, 4) is 0 Å². The molecule has 3 N–H and O–H groups in total. The molecule has 0 heterocycles. The van der Waals surface area contributed by atoms with E-state index in [1.807, 2.05) is 0 Å². The average Bonchev–Trinajstić information content (AvgIpc) is 0.913. The molecule has 0 saturated heterocycles. The summed E-state index contributed by atoms with van der Waals surface area (Å²) in [4.78, 5) is 73.1. The van der Waals surface area contributed by atoms with Crippen LogP contribution in [0.3, 0.4) is 0 Å². The van der Waals surface area contributed by atoms with Crippen LogP contribution in [0.1, 0.15) is 440 Å². The average molecular weight is 1510 g/mol. The van der Waals surface area contributed by atoms with Gasteiger partial charge in [0.05, 0.1) is 26.4 Å². The standard InChI is InChI=1S/C84H164O17P2/c1-8-11-12-13-14-15-16-31-36-44-51-58-65-81(86)95-72-80(101-84(89)68-61-54-47-40-39-43-50-57-64-77(7)10-3)74-99-103(92,93)97-70-78(85)69-96-102(90,91)98-73-79(71-94-82(87)66-59-52-45-37-32-27-24-23-25-29-34-41-48-55-62-75(4)5)100-83(88)67-60-53-46-38-33-28-22-20-18-17-19-21-26-30-35-42-49-56-63-76(6)9-2/h75-80,85H,8-74H2,1-7H3,(H,90,91)(H,92,93)/t76?,77?,78-,79-,80-/m1/s1. The van der Waals surface area contributed by atoms with Gasteiger partial charge in [-0.15, -0.1) is 0 Å². The number of rotatable bonds is 82. The molecule has 0 radical (unpaired) electrons. The summed E-state index contributed by atoms with van der Waals surface area (Å²) >= 11 is 0. The van der Waals surface area contributed by atoms with Gasteiger partial charge in [0, 0.05) is 25.7 Å². The number of carbonyl (C=O) groups is 4. The lowest BCUT2D eigenvalue weighted by Crippen LogP contribution is -2.30. The Kier molecular flexibility index (Phi) is 72.8. The first-order valence-electron chi connectivity index (χ1n) is 43.4. The molecule has 0 bridgehead atoms. The Hall–Kier alpha value is -1.94. The molecule has 103 heavy (non-hydrogen) atoms. The number of hydrogen-bond acceptors (Lipinski definition) is 15. The van der Waals surface area contributed by atoms with Crippen LogP contribution in [-0.2, 0) is 65.4 Å². The summed E-state index contributed by atoms with van der Waals surface area (Å²) in [7, 11) is -9.92. The second-order valence-electron chi connectivity index (χ2n) is 31.2. The number of unbranched alkanes of at least 4 members (excludes halogenated alkanes) is 48. The molecule has 0 spiro atoms. The Morgan fingerprint density at radius 2 is 0.495 bits per heavy atom. The number of carbonyl (C=O) groups excluding carboxylic acids is 4. The predicted octanol–water partition coefficient (Wildman–Crippen LogP) is 25.3. The Labute approximate surface area is 632 Å². The molecule has 0 aliphatic heterocycles. The molecule has 0 rings (SSSR count). The van der Waals surface area contributed by atoms with E-state index >= 15 is 0 Å². The van der Waals surface area contributed by atoms with Crippen LogP contribution < -0.4 is 0 Å². The van der Waals surface area contributed by atoms with Gasteiger partial charge in [-0.25, -0.2) is 9.13 Å². The first-order valence-corrected chi connectivity index (χ1v) is 46.4. The van der Waals surface area contributed by atoms with E-state index in [0.717, 1.165) is 108 Å². The number of phosphoric ester groups is 2. The van der Waals surface area contributed by atoms with Gasteiger partial charge in [0.15, 0.2) is 12.2 Å². The predicted molar refractivity (Wildman–Crippen MR) is 423 cm³/mol. The molecule has 0 aromatic carbocycles. The minimum absolute atomic E-state index is 0.105. The summed E-state index contributed by atoms with van der Waals surface area (Å²) in [6.45, 7) is 12.0. The maximum Gasteiger partial charge on any atom is 0.472 e. The normalized spacial score (nSPS) is 14.4. The van der Waals surface area contributed by atoms with Gasteiger partial charge in [-0.05, 0) is 43.4 Å². The molecule has 17 nitrogen and oxygen atoms in total. The van der Waals surface area contributed by atoms with E-state index in [0.29, 0.717) is 25.7 Å². The van der Waals surface area contributed by atoms with E-state index in [9.17, 15) is 43.2 Å². The molecule has 612 valence electrons. The van der Waals surface area contributed by atoms with Crippen molar-refractivity contribution >= 4 is 39.5 Å². The maximum atomic E-state index is 13.1. The van der Waals surface area contributed by atoms with Gasteiger partial charge in [0.1, 0.15) is 19.3 Å². The van der Waals surface area contributed by atoms with Crippen molar-refractivity contribution in [1.29, 1.82) is 0 Å². The van der Waals surface area contributed by atoms with Crippen LogP contribution in [0.15, 0.2) is 0 Å². The summed E-state index contributed by atoms with van der Waals surface area (Å²) in [5.74, 6) is 0.332. The summed E-state index contributed by atoms with van der Waals surface area (Å²) < 4.78 is 68.8. The minimum Gasteiger partial charge on any atom is -0.462 e. The van der Waals surface area contributed by atoms with Crippen molar-refractivity contribution in [3.63, 3.8) is 0 Å². The van der Waals surface area contributed by atoms with Crippen LogP contribution >= 0.6 is 15.6 Å². The number of ether oxygens (including phenoxy) is 4. The summed E-state index contributed by atoms with van der Waals surface area (Å²) in [5, 5.41) is 10.7. The van der Waals surface area contributed by atoms with E-state index < -0.39 is 97.5 Å². The first-order chi connectivity index (χ1) is 49.8. The lowest BCUT2D eigenvalue weighted by Gasteiger charge is -2.21. The lowest BCUT2D eigenvalue weighted by molar-refractivity contribution is -0.161. The fourth-order valence-corrected chi connectivity index (χ4v) is 14.5. The van der Waals surface area contributed by atoms with E-state index in [4.69, 9.17) is 37.0 Å². The second-order valence-corrected chi connectivity index (χ2v) is 34.1. The Morgan fingerprint density at radius 3 is 0.738 bits per heavy atom. The number of esters is 4. The van der Waals surface area contributed by atoms with Crippen molar-refractivity contribution in [1.82, 2.24) is 0 Å². The second kappa shape index (κ2) is 74.2. The molecule has 0 aromatic rings. The van der Waals surface area contributed by atoms with Crippen LogP contribution in [0.25, 0.3) is 0 Å². The van der Waals surface area contributed by atoms with Gasteiger partial charge in [-0.1, -0.05) is 389 Å². The zero-order valence-corrected chi connectivity index (χ0v) is 69.6. The molecule has 0 saturated carbocycles. The highest BCUT2D eigenvalue weighted by molar-refractivity contribution is 7.47. The Bertz CT molecular complexity index is 2000. The van der Waals surface area contributed by atoms with Crippen LogP contribution in [-0.4, -0.2) is 96.7 Å². The monoisotopic (exact) mass is 1510 g/mol. The zero-order valence-electron chi connectivity index (χ0n) is 67.8. The Balaban J connectivity index is 5.23. The highest BCUT2D eigenvalue weighted by Crippen LogP contribution is 2.45. The van der Waals surface area contributed by atoms with Crippen LogP contribution in [0.5, 0.6) is 0 Å². The quantitative estimate of drug-likeness (QED) is 0.0222. The smallest absolute Gasteiger partial charge is 0.462 e. The van der Waals surface area contributed by atoms with E-state index in [-0.39, 0.29) is 25.7 Å². The number of aliphatic hydroxyl groups excluding tert-OH is 1.